The van der Waals surface area contributed by atoms with E-state index in [1.165, 1.54) is 0 Å². The summed E-state index contributed by atoms with van der Waals surface area (Å²) in [5, 5.41) is 18.9. The van der Waals surface area contributed by atoms with Crippen LogP contribution in [0, 0.1) is 22.7 Å². The van der Waals surface area contributed by atoms with Crippen LogP contribution >= 0.6 is 0 Å². The summed E-state index contributed by atoms with van der Waals surface area (Å²) in [7, 11) is 0. The van der Waals surface area contributed by atoms with Gasteiger partial charge in [-0.25, -0.2) is 4.98 Å². The molecule has 0 aliphatic rings. The molecule has 0 radical (unpaired) electrons. The van der Waals surface area contributed by atoms with E-state index in [1.54, 1.807) is 30.3 Å². The fraction of sp³-hybridized carbons (Fsp3) is 0. The Balaban J connectivity index is 2.05. The molecule has 1 heterocycles. The fourth-order valence-corrected chi connectivity index (χ4v) is 2.05. The molecule has 21 heavy (non-hydrogen) atoms. The Morgan fingerprint density at radius 2 is 1.76 bits per heavy atom. The minimum atomic E-state index is 0.334. The molecule has 0 unspecified atom stereocenters. The Morgan fingerprint density at radius 3 is 2.57 bits per heavy atom. The highest BCUT2D eigenvalue weighted by Crippen LogP contribution is 2.25. The first kappa shape index (κ1) is 12.7. The van der Waals surface area contributed by atoms with Gasteiger partial charge in [-0.15, -0.1) is 0 Å². The van der Waals surface area contributed by atoms with E-state index < -0.39 is 0 Å². The molecule has 3 aromatic rings. The first-order chi connectivity index (χ1) is 10.3. The van der Waals surface area contributed by atoms with Crippen molar-refractivity contribution in [3.8, 4) is 23.8 Å². The lowest BCUT2D eigenvalue weighted by atomic mass is 10.1. The van der Waals surface area contributed by atoms with Crippen molar-refractivity contribution < 1.29 is 4.74 Å². The van der Waals surface area contributed by atoms with Crippen molar-refractivity contribution in [2.24, 2.45) is 0 Å². The second-order valence-electron chi connectivity index (χ2n) is 4.38. The van der Waals surface area contributed by atoms with Gasteiger partial charge < -0.3 is 4.74 Å². The molecule has 0 saturated heterocycles. The number of rotatable bonds is 2. The van der Waals surface area contributed by atoms with Crippen LogP contribution in [0.4, 0.5) is 0 Å². The van der Waals surface area contributed by atoms with E-state index in [0.29, 0.717) is 28.3 Å². The quantitative estimate of drug-likeness (QED) is 0.711. The lowest BCUT2D eigenvalue weighted by Crippen LogP contribution is -1.91. The Hall–Kier alpha value is -3.37. The largest absolute Gasteiger partial charge is 0.439 e. The predicted molar refractivity (Wildman–Crippen MR) is 77.7 cm³/mol. The molecular weight excluding hydrogens is 262 g/mol. The van der Waals surface area contributed by atoms with Crippen LogP contribution < -0.4 is 4.74 Å². The van der Waals surface area contributed by atoms with E-state index in [1.807, 2.05) is 24.3 Å². The van der Waals surface area contributed by atoms with E-state index >= 15 is 0 Å². The van der Waals surface area contributed by atoms with Gasteiger partial charge in [-0.2, -0.15) is 10.5 Å². The summed E-state index contributed by atoms with van der Waals surface area (Å²) >= 11 is 0. The number of hydrogen-bond acceptors (Lipinski definition) is 4. The Bertz CT molecular complexity index is 904. The number of hydrogen-bond donors (Lipinski definition) is 0. The predicted octanol–water partition coefficient (Wildman–Crippen LogP) is 3.77. The van der Waals surface area contributed by atoms with Gasteiger partial charge in [-0.3, -0.25) is 0 Å². The third-order valence-electron chi connectivity index (χ3n) is 3.00. The van der Waals surface area contributed by atoms with Gasteiger partial charge in [0.05, 0.1) is 22.7 Å². The van der Waals surface area contributed by atoms with Crippen LogP contribution in [-0.2, 0) is 0 Å². The van der Waals surface area contributed by atoms with Crippen molar-refractivity contribution in [3.05, 3.63) is 65.7 Å². The maximum Gasteiger partial charge on any atom is 0.221 e. The molecule has 0 atom stereocenters. The maximum absolute atomic E-state index is 9.23. The van der Waals surface area contributed by atoms with E-state index in [9.17, 15) is 5.26 Å². The van der Waals surface area contributed by atoms with Gasteiger partial charge in [-0.05, 0) is 24.3 Å². The zero-order chi connectivity index (χ0) is 14.7. The van der Waals surface area contributed by atoms with Crippen LogP contribution in [0.1, 0.15) is 11.1 Å². The second-order valence-corrected chi connectivity index (χ2v) is 4.38. The Morgan fingerprint density at radius 1 is 0.905 bits per heavy atom. The zero-order valence-corrected chi connectivity index (χ0v) is 10.9. The van der Waals surface area contributed by atoms with E-state index in [-0.39, 0.29) is 0 Å². The lowest BCUT2D eigenvalue weighted by Gasteiger charge is -2.07. The Kier molecular flexibility index (Phi) is 3.21. The fourth-order valence-electron chi connectivity index (χ4n) is 2.05. The number of aromatic nitrogens is 1. The molecule has 0 amide bonds. The molecule has 0 N–H and O–H groups in total. The highest BCUT2D eigenvalue weighted by atomic mass is 16.5. The minimum Gasteiger partial charge on any atom is -0.439 e. The number of nitrogens with zero attached hydrogens (tertiary/aromatic N) is 3. The molecule has 0 bridgehead atoms. The van der Waals surface area contributed by atoms with Gasteiger partial charge in [0.2, 0.25) is 5.88 Å². The van der Waals surface area contributed by atoms with Gasteiger partial charge in [-0.1, -0.05) is 24.3 Å². The van der Waals surface area contributed by atoms with Crippen LogP contribution in [0.3, 0.4) is 0 Å². The van der Waals surface area contributed by atoms with Gasteiger partial charge in [0.15, 0.2) is 0 Å². The molecule has 0 aliphatic heterocycles. The maximum atomic E-state index is 9.23. The molecule has 4 heteroatoms. The molecule has 2 aromatic carbocycles. The molecule has 4 nitrogen and oxygen atoms in total. The van der Waals surface area contributed by atoms with Gasteiger partial charge >= 0.3 is 0 Å². The molecule has 0 spiro atoms. The van der Waals surface area contributed by atoms with Crippen molar-refractivity contribution in [2.75, 3.05) is 0 Å². The van der Waals surface area contributed by atoms with E-state index in [4.69, 9.17) is 10.00 Å². The number of nitriles is 2. The number of ether oxygens (including phenoxy) is 1. The Labute approximate surface area is 121 Å². The van der Waals surface area contributed by atoms with Crippen molar-refractivity contribution in [1.82, 2.24) is 4.98 Å². The molecule has 3 rings (SSSR count). The lowest BCUT2D eigenvalue weighted by molar-refractivity contribution is 0.465. The normalized spacial score (nSPS) is 9.81. The first-order valence-electron chi connectivity index (χ1n) is 6.28. The van der Waals surface area contributed by atoms with Crippen LogP contribution in [-0.4, -0.2) is 4.98 Å². The van der Waals surface area contributed by atoms with Gasteiger partial charge in [0.1, 0.15) is 11.8 Å². The summed E-state index contributed by atoms with van der Waals surface area (Å²) in [4.78, 5) is 4.38. The van der Waals surface area contributed by atoms with Crippen LogP contribution in [0.5, 0.6) is 11.6 Å². The van der Waals surface area contributed by atoms with E-state index in [2.05, 4.69) is 17.1 Å². The third-order valence-corrected chi connectivity index (χ3v) is 3.00. The number of fused-ring (bicyclic) bond motifs is 1. The number of pyridine rings is 1. The van der Waals surface area contributed by atoms with Crippen molar-refractivity contribution in [1.29, 1.82) is 10.5 Å². The third kappa shape index (κ3) is 2.51. The molecule has 0 saturated carbocycles. The average Bonchev–Trinajstić information content (AvgIpc) is 2.54. The SMILES string of the molecule is N#Cc1cccc(Oc2cc(C#N)c3ccccc3n2)c1. The molecule has 0 fully saturated rings. The summed E-state index contributed by atoms with van der Waals surface area (Å²) in [6.07, 6.45) is 0. The number of para-hydroxylation sites is 1. The highest BCUT2D eigenvalue weighted by Gasteiger charge is 2.07. The molecular formula is C17H9N3O. The summed E-state index contributed by atoms with van der Waals surface area (Å²) in [5.74, 6) is 0.848. The molecule has 1 aromatic heterocycles. The second kappa shape index (κ2) is 5.32. The average molecular weight is 271 g/mol. The monoisotopic (exact) mass is 271 g/mol. The summed E-state index contributed by atoms with van der Waals surface area (Å²) in [6, 6.07) is 20.0. The zero-order valence-electron chi connectivity index (χ0n) is 10.9. The van der Waals surface area contributed by atoms with Gasteiger partial charge in [0, 0.05) is 11.5 Å². The van der Waals surface area contributed by atoms with E-state index in [0.717, 1.165) is 5.39 Å². The van der Waals surface area contributed by atoms with Crippen LogP contribution in [0.15, 0.2) is 54.6 Å². The summed E-state index contributed by atoms with van der Waals surface area (Å²) in [5.41, 5.74) is 1.71. The van der Waals surface area contributed by atoms with Crippen molar-refractivity contribution >= 4 is 10.9 Å². The van der Waals surface area contributed by atoms with Crippen LogP contribution in [0.25, 0.3) is 10.9 Å². The molecule has 98 valence electrons. The smallest absolute Gasteiger partial charge is 0.221 e. The van der Waals surface area contributed by atoms with Crippen LogP contribution in [0.2, 0.25) is 0 Å². The molecule has 0 aliphatic carbocycles. The standard InChI is InChI=1S/C17H9N3O/c18-10-12-4-3-5-14(8-12)21-17-9-13(11-19)15-6-1-2-7-16(15)20-17/h1-9H. The number of benzene rings is 2. The van der Waals surface area contributed by atoms with Crippen molar-refractivity contribution in [3.63, 3.8) is 0 Å². The minimum absolute atomic E-state index is 0.334. The summed E-state index contributed by atoms with van der Waals surface area (Å²) in [6.45, 7) is 0. The summed E-state index contributed by atoms with van der Waals surface area (Å²) < 4.78 is 5.66. The highest BCUT2D eigenvalue weighted by molar-refractivity contribution is 5.85. The topological polar surface area (TPSA) is 69.7 Å². The first-order valence-corrected chi connectivity index (χ1v) is 6.28. The van der Waals surface area contributed by atoms with Gasteiger partial charge in [0.25, 0.3) is 0 Å². The van der Waals surface area contributed by atoms with Crippen molar-refractivity contribution in [2.45, 2.75) is 0 Å².